The van der Waals surface area contributed by atoms with Crippen LogP contribution >= 0.6 is 0 Å². The molecule has 2 N–H and O–H groups in total. The minimum atomic E-state index is -3.78. The standard InChI is InChI=1S/C21H19FN2O3S/c1-2-15-5-3-4-6-20(15)24-28(26,27)19-13-7-16(8-14-19)21(25)23-18-11-9-17(22)10-12-18/h3-14,24H,2H2,1H3,(H,23,25). The Morgan fingerprint density at radius 2 is 1.57 bits per heavy atom. The maximum atomic E-state index is 12.9. The molecule has 0 fully saturated rings. The zero-order valence-corrected chi connectivity index (χ0v) is 16.0. The van der Waals surface area contributed by atoms with E-state index in [1.54, 1.807) is 12.1 Å². The van der Waals surface area contributed by atoms with Gasteiger partial charge in [0.15, 0.2) is 0 Å². The van der Waals surface area contributed by atoms with Gasteiger partial charge in [0, 0.05) is 11.3 Å². The van der Waals surface area contributed by atoms with Gasteiger partial charge in [0.05, 0.1) is 10.6 Å². The summed E-state index contributed by atoms with van der Waals surface area (Å²) in [6.07, 6.45) is 0.696. The van der Waals surface area contributed by atoms with Crippen LogP contribution < -0.4 is 10.0 Å². The second-order valence-corrected chi connectivity index (χ2v) is 7.78. The molecule has 144 valence electrons. The Morgan fingerprint density at radius 1 is 0.929 bits per heavy atom. The van der Waals surface area contributed by atoms with Crippen LogP contribution in [-0.2, 0) is 16.4 Å². The molecule has 3 aromatic rings. The summed E-state index contributed by atoms with van der Waals surface area (Å²) in [7, 11) is -3.78. The van der Waals surface area contributed by atoms with Crippen LogP contribution in [0.25, 0.3) is 0 Å². The van der Waals surface area contributed by atoms with Crippen LogP contribution in [0.3, 0.4) is 0 Å². The number of hydrogen-bond donors (Lipinski definition) is 2. The van der Waals surface area contributed by atoms with E-state index >= 15 is 0 Å². The summed E-state index contributed by atoms with van der Waals surface area (Å²) in [5.74, 6) is -0.815. The number of rotatable bonds is 6. The van der Waals surface area contributed by atoms with Crippen molar-refractivity contribution >= 4 is 27.3 Å². The van der Waals surface area contributed by atoms with E-state index in [0.29, 0.717) is 17.8 Å². The molecule has 7 heteroatoms. The number of para-hydroxylation sites is 1. The number of halogens is 1. The summed E-state index contributed by atoms with van der Waals surface area (Å²) in [5.41, 5.74) is 2.16. The van der Waals surface area contributed by atoms with Crippen LogP contribution in [0, 0.1) is 5.82 Å². The van der Waals surface area contributed by atoms with Crippen LogP contribution in [-0.4, -0.2) is 14.3 Å². The SMILES string of the molecule is CCc1ccccc1NS(=O)(=O)c1ccc(C(=O)Nc2ccc(F)cc2)cc1. The van der Waals surface area contributed by atoms with E-state index in [1.165, 1.54) is 48.5 Å². The Balaban J connectivity index is 1.75. The first kappa shape index (κ1) is 19.6. The highest BCUT2D eigenvalue weighted by Crippen LogP contribution is 2.21. The molecule has 0 unspecified atom stereocenters. The Morgan fingerprint density at radius 3 is 2.21 bits per heavy atom. The first-order chi connectivity index (χ1) is 13.4. The average molecular weight is 398 g/mol. The molecule has 0 spiro atoms. The summed E-state index contributed by atoms with van der Waals surface area (Å²) in [6.45, 7) is 1.95. The second-order valence-electron chi connectivity index (χ2n) is 6.10. The van der Waals surface area contributed by atoms with Gasteiger partial charge in [-0.2, -0.15) is 0 Å². The van der Waals surface area contributed by atoms with Crippen molar-refractivity contribution in [2.45, 2.75) is 18.2 Å². The zero-order valence-electron chi connectivity index (χ0n) is 15.1. The van der Waals surface area contributed by atoms with Gasteiger partial charge in [0.1, 0.15) is 5.82 Å². The molecule has 1 amide bonds. The van der Waals surface area contributed by atoms with E-state index < -0.39 is 21.7 Å². The van der Waals surface area contributed by atoms with Gasteiger partial charge in [-0.1, -0.05) is 25.1 Å². The van der Waals surface area contributed by atoms with Crippen molar-refractivity contribution in [2.24, 2.45) is 0 Å². The molecule has 0 aliphatic rings. The van der Waals surface area contributed by atoms with Gasteiger partial charge in [0.2, 0.25) is 0 Å². The molecule has 0 bridgehead atoms. The Bertz CT molecular complexity index is 1080. The van der Waals surface area contributed by atoms with Crippen molar-refractivity contribution in [3.63, 3.8) is 0 Å². The van der Waals surface area contributed by atoms with E-state index in [0.717, 1.165) is 5.56 Å². The highest BCUT2D eigenvalue weighted by Gasteiger charge is 2.16. The molecule has 3 aromatic carbocycles. The fraction of sp³-hybridized carbons (Fsp3) is 0.0952. The summed E-state index contributed by atoms with van der Waals surface area (Å²) < 4.78 is 40.8. The third-order valence-electron chi connectivity index (χ3n) is 4.17. The Kier molecular flexibility index (Phi) is 5.75. The predicted octanol–water partition coefficient (Wildman–Crippen LogP) is 4.44. The average Bonchev–Trinajstić information content (AvgIpc) is 2.70. The van der Waals surface area contributed by atoms with Crippen LogP contribution in [0.2, 0.25) is 0 Å². The fourth-order valence-electron chi connectivity index (χ4n) is 2.65. The number of carbonyl (C=O) groups is 1. The predicted molar refractivity (Wildman–Crippen MR) is 107 cm³/mol. The number of nitrogens with one attached hydrogen (secondary N) is 2. The van der Waals surface area contributed by atoms with Crippen molar-refractivity contribution < 1.29 is 17.6 Å². The Labute approximate surface area is 163 Å². The molecule has 0 atom stereocenters. The third-order valence-corrected chi connectivity index (χ3v) is 5.55. The fourth-order valence-corrected chi connectivity index (χ4v) is 3.75. The van der Waals surface area contributed by atoms with Crippen LogP contribution in [0.15, 0.2) is 77.7 Å². The molecule has 0 aromatic heterocycles. The van der Waals surface area contributed by atoms with Crippen molar-refractivity contribution in [3.05, 3.63) is 89.7 Å². The molecule has 0 saturated carbocycles. The lowest BCUT2D eigenvalue weighted by atomic mass is 10.1. The van der Waals surface area contributed by atoms with Gasteiger partial charge in [-0.3, -0.25) is 9.52 Å². The van der Waals surface area contributed by atoms with E-state index in [9.17, 15) is 17.6 Å². The quantitative estimate of drug-likeness (QED) is 0.645. The van der Waals surface area contributed by atoms with Crippen LogP contribution in [0.4, 0.5) is 15.8 Å². The normalized spacial score (nSPS) is 11.1. The first-order valence-corrected chi connectivity index (χ1v) is 10.1. The minimum absolute atomic E-state index is 0.0525. The maximum absolute atomic E-state index is 12.9. The molecule has 0 saturated heterocycles. The Hall–Kier alpha value is -3.19. The second kappa shape index (κ2) is 8.22. The molecule has 5 nitrogen and oxygen atoms in total. The lowest BCUT2D eigenvalue weighted by Gasteiger charge is -2.12. The van der Waals surface area contributed by atoms with E-state index in [-0.39, 0.29) is 10.5 Å². The molecule has 28 heavy (non-hydrogen) atoms. The molecular formula is C21H19FN2O3S. The lowest BCUT2D eigenvalue weighted by molar-refractivity contribution is 0.102. The number of anilines is 2. The van der Waals surface area contributed by atoms with Gasteiger partial charge in [0.25, 0.3) is 15.9 Å². The van der Waals surface area contributed by atoms with Gasteiger partial charge in [-0.05, 0) is 66.6 Å². The van der Waals surface area contributed by atoms with Crippen molar-refractivity contribution in [1.29, 1.82) is 0 Å². The van der Waals surface area contributed by atoms with E-state index in [2.05, 4.69) is 10.0 Å². The molecule has 0 radical (unpaired) electrons. The van der Waals surface area contributed by atoms with Crippen LogP contribution in [0.5, 0.6) is 0 Å². The maximum Gasteiger partial charge on any atom is 0.261 e. The van der Waals surface area contributed by atoms with Crippen molar-refractivity contribution in [3.8, 4) is 0 Å². The smallest absolute Gasteiger partial charge is 0.261 e. The largest absolute Gasteiger partial charge is 0.322 e. The first-order valence-electron chi connectivity index (χ1n) is 8.67. The number of carbonyl (C=O) groups excluding carboxylic acids is 1. The molecule has 0 aliphatic heterocycles. The molecule has 0 aliphatic carbocycles. The van der Waals surface area contributed by atoms with E-state index in [1.807, 2.05) is 19.1 Å². The third kappa shape index (κ3) is 4.55. The minimum Gasteiger partial charge on any atom is -0.322 e. The van der Waals surface area contributed by atoms with Gasteiger partial charge < -0.3 is 5.32 Å². The summed E-state index contributed by atoms with van der Waals surface area (Å²) in [6, 6.07) is 18.2. The number of hydrogen-bond acceptors (Lipinski definition) is 3. The van der Waals surface area contributed by atoms with Gasteiger partial charge in [-0.25, -0.2) is 12.8 Å². The van der Waals surface area contributed by atoms with Gasteiger partial charge in [-0.15, -0.1) is 0 Å². The van der Waals surface area contributed by atoms with Gasteiger partial charge >= 0.3 is 0 Å². The number of amides is 1. The highest BCUT2D eigenvalue weighted by molar-refractivity contribution is 7.92. The monoisotopic (exact) mass is 398 g/mol. The van der Waals surface area contributed by atoms with E-state index in [4.69, 9.17) is 0 Å². The summed E-state index contributed by atoms with van der Waals surface area (Å²) >= 11 is 0. The lowest BCUT2D eigenvalue weighted by Crippen LogP contribution is -2.15. The zero-order chi connectivity index (χ0) is 20.1. The summed E-state index contributed by atoms with van der Waals surface area (Å²) in [5, 5.41) is 2.63. The van der Waals surface area contributed by atoms with Crippen molar-refractivity contribution in [1.82, 2.24) is 0 Å². The topological polar surface area (TPSA) is 75.3 Å². The highest BCUT2D eigenvalue weighted by atomic mass is 32.2. The summed E-state index contributed by atoms with van der Waals surface area (Å²) in [4.78, 5) is 12.3. The molecule has 3 rings (SSSR count). The molecular weight excluding hydrogens is 379 g/mol. The number of benzene rings is 3. The van der Waals surface area contributed by atoms with Crippen LogP contribution in [0.1, 0.15) is 22.8 Å². The molecule has 0 heterocycles. The number of aryl methyl sites for hydroxylation is 1. The van der Waals surface area contributed by atoms with Crippen molar-refractivity contribution in [2.75, 3.05) is 10.0 Å². The number of sulfonamides is 1.